The quantitative estimate of drug-likeness (QED) is 0.547. The van der Waals surface area contributed by atoms with Crippen LogP contribution in [0.3, 0.4) is 0 Å². The van der Waals surface area contributed by atoms with Crippen LogP contribution in [0, 0.1) is 35.0 Å². The number of benzene rings is 1. The van der Waals surface area contributed by atoms with Crippen LogP contribution >= 0.6 is 0 Å². The maximum Gasteiger partial charge on any atom is 0.229 e. The number of ether oxygens (including phenoxy) is 1. The third kappa shape index (κ3) is 2.06. The number of carbonyl (C=O) groups excluding carboxylic acids is 1. The lowest BCUT2D eigenvalue weighted by Crippen LogP contribution is -2.51. The Hall–Kier alpha value is -2.05. The molecule has 1 aromatic carbocycles. The Morgan fingerprint density at radius 1 is 1.21 bits per heavy atom. The fourth-order valence-corrected chi connectivity index (χ4v) is 7.76. The van der Waals surface area contributed by atoms with Gasteiger partial charge in [0.2, 0.25) is 5.91 Å². The molecule has 3 fully saturated rings. The van der Waals surface area contributed by atoms with Crippen molar-refractivity contribution in [3.05, 3.63) is 48.0 Å². The molecule has 3 nitrogen and oxygen atoms in total. The minimum Gasteiger partial charge on any atom is -0.358 e. The molecule has 1 saturated heterocycles. The summed E-state index contributed by atoms with van der Waals surface area (Å²) in [6.07, 6.45) is 15.6. The molecule has 0 radical (unpaired) electrons. The normalized spacial score (nSPS) is 42.0. The second kappa shape index (κ2) is 6.47. The van der Waals surface area contributed by atoms with Gasteiger partial charge in [-0.25, -0.2) is 0 Å². The zero-order valence-corrected chi connectivity index (χ0v) is 17.6. The fraction of sp³-hybridized carbons (Fsp3) is 0.577. The maximum absolute atomic E-state index is 14.0. The molecule has 29 heavy (non-hydrogen) atoms. The largest absolute Gasteiger partial charge is 0.358 e. The molecule has 2 bridgehead atoms. The number of hydrogen-bond donors (Lipinski definition) is 0. The zero-order chi connectivity index (χ0) is 20.3. The summed E-state index contributed by atoms with van der Waals surface area (Å²) in [5, 5.41) is 0. The molecule has 1 aliphatic heterocycles. The maximum atomic E-state index is 14.0. The Morgan fingerprint density at radius 3 is 2.69 bits per heavy atom. The summed E-state index contributed by atoms with van der Waals surface area (Å²) >= 11 is 0. The van der Waals surface area contributed by atoms with E-state index >= 15 is 0 Å². The first-order valence-electron chi connectivity index (χ1n) is 11.2. The zero-order valence-electron chi connectivity index (χ0n) is 17.6. The van der Waals surface area contributed by atoms with Gasteiger partial charge in [0.15, 0.2) is 0 Å². The number of nitrogens with zero attached hydrogens (tertiary/aromatic N) is 1. The second-order valence-corrected chi connectivity index (χ2v) is 9.48. The van der Waals surface area contributed by atoms with Crippen LogP contribution in [0.5, 0.6) is 0 Å². The van der Waals surface area contributed by atoms with Crippen LogP contribution in [0.25, 0.3) is 0 Å². The molecule has 3 aliphatic carbocycles. The van der Waals surface area contributed by atoms with Gasteiger partial charge >= 0.3 is 0 Å². The van der Waals surface area contributed by atoms with Gasteiger partial charge in [-0.1, -0.05) is 62.2 Å². The Bertz CT molecular complexity index is 886. The lowest BCUT2D eigenvalue weighted by Gasteiger charge is -2.52. The van der Waals surface area contributed by atoms with E-state index in [9.17, 15) is 4.79 Å². The van der Waals surface area contributed by atoms with Crippen molar-refractivity contribution in [2.45, 2.75) is 57.6 Å². The molecule has 0 spiro atoms. The van der Waals surface area contributed by atoms with E-state index < -0.39 is 0 Å². The summed E-state index contributed by atoms with van der Waals surface area (Å²) < 4.78 is 6.32. The molecule has 0 unspecified atom stereocenters. The minimum absolute atomic E-state index is 0.0200. The van der Waals surface area contributed by atoms with Crippen molar-refractivity contribution in [1.82, 2.24) is 4.90 Å². The number of terminal acetylenes is 1. The van der Waals surface area contributed by atoms with Crippen LogP contribution < -0.4 is 0 Å². The van der Waals surface area contributed by atoms with Gasteiger partial charge in [0, 0.05) is 36.3 Å². The Kier molecular flexibility index (Phi) is 4.23. The first-order valence-corrected chi connectivity index (χ1v) is 11.2. The molecule has 1 heterocycles. The van der Waals surface area contributed by atoms with Crippen molar-refractivity contribution in [3.63, 3.8) is 0 Å². The summed E-state index contributed by atoms with van der Waals surface area (Å²) in [7, 11) is 0. The summed E-state index contributed by atoms with van der Waals surface area (Å²) in [5.41, 5.74) is 1.11. The van der Waals surface area contributed by atoms with E-state index in [1.54, 1.807) is 0 Å². The van der Waals surface area contributed by atoms with Gasteiger partial charge in [-0.3, -0.25) is 4.79 Å². The molecule has 5 rings (SSSR count). The predicted octanol–water partition coefficient (Wildman–Crippen LogP) is 4.54. The van der Waals surface area contributed by atoms with Gasteiger partial charge < -0.3 is 9.64 Å². The lowest BCUT2D eigenvalue weighted by molar-refractivity contribution is -0.144. The van der Waals surface area contributed by atoms with Crippen molar-refractivity contribution in [3.8, 4) is 12.3 Å². The van der Waals surface area contributed by atoms with E-state index in [1.807, 2.05) is 11.8 Å². The van der Waals surface area contributed by atoms with E-state index in [2.05, 4.69) is 55.3 Å². The van der Waals surface area contributed by atoms with E-state index in [0.29, 0.717) is 19.6 Å². The molecular weight excluding hydrogens is 358 g/mol. The highest BCUT2D eigenvalue weighted by atomic mass is 16.5. The smallest absolute Gasteiger partial charge is 0.229 e. The highest BCUT2D eigenvalue weighted by molar-refractivity contribution is 5.87. The van der Waals surface area contributed by atoms with E-state index in [1.165, 1.54) is 24.8 Å². The standard InChI is InChI=1S/C26H31NO2/c1-4-6-18-27-22(28)20-21(23(27)29-5-2)25-15-11-10-14-24(25,3)26(20,17-16-25)19-12-8-7-9-13-19/h1,7-9,12-13,16-17,20-21,23H,5-6,10-11,14-15,18H2,2-3H3/t20-,21+,23-,24-,25-,26+/m0/s1. The highest BCUT2D eigenvalue weighted by Gasteiger charge is 2.81. The van der Waals surface area contributed by atoms with Gasteiger partial charge in [0.05, 0.1) is 5.92 Å². The molecule has 1 amide bonds. The van der Waals surface area contributed by atoms with Crippen LogP contribution in [-0.2, 0) is 14.9 Å². The van der Waals surface area contributed by atoms with Crippen LogP contribution in [0.2, 0.25) is 0 Å². The van der Waals surface area contributed by atoms with E-state index in [4.69, 9.17) is 11.2 Å². The average molecular weight is 390 g/mol. The van der Waals surface area contributed by atoms with Crippen molar-refractivity contribution >= 4 is 5.91 Å². The molecule has 1 aromatic rings. The Morgan fingerprint density at radius 2 is 1.97 bits per heavy atom. The second-order valence-electron chi connectivity index (χ2n) is 9.48. The number of carbonyl (C=O) groups is 1. The number of hydrogen-bond acceptors (Lipinski definition) is 2. The molecule has 6 atom stereocenters. The molecule has 4 aliphatic rings. The van der Waals surface area contributed by atoms with E-state index in [-0.39, 0.29) is 40.2 Å². The van der Waals surface area contributed by atoms with Crippen LogP contribution in [0.4, 0.5) is 0 Å². The number of fused-ring (bicyclic) bond motifs is 2. The molecule has 3 heteroatoms. The molecule has 152 valence electrons. The first kappa shape index (κ1) is 18.9. The van der Waals surface area contributed by atoms with Crippen LogP contribution in [0.1, 0.15) is 51.5 Å². The summed E-state index contributed by atoms with van der Waals surface area (Å²) in [6.45, 7) is 5.69. The minimum atomic E-state index is -0.253. The van der Waals surface area contributed by atoms with Gasteiger partial charge in [-0.2, -0.15) is 0 Å². The monoisotopic (exact) mass is 389 g/mol. The predicted molar refractivity (Wildman–Crippen MR) is 114 cm³/mol. The fourth-order valence-electron chi connectivity index (χ4n) is 7.76. The van der Waals surface area contributed by atoms with Crippen molar-refractivity contribution in [2.24, 2.45) is 22.7 Å². The van der Waals surface area contributed by atoms with Crippen LogP contribution in [0.15, 0.2) is 42.5 Å². The summed E-state index contributed by atoms with van der Waals surface area (Å²) in [6, 6.07) is 10.8. The Balaban J connectivity index is 1.72. The Labute approximate surface area is 174 Å². The average Bonchev–Trinajstić information content (AvgIpc) is 3.26. The van der Waals surface area contributed by atoms with Gasteiger partial charge in [-0.15, -0.1) is 12.3 Å². The first-order chi connectivity index (χ1) is 14.1. The van der Waals surface area contributed by atoms with Crippen molar-refractivity contribution < 1.29 is 9.53 Å². The van der Waals surface area contributed by atoms with Crippen molar-refractivity contribution in [1.29, 1.82) is 0 Å². The third-order valence-corrected chi connectivity index (χ3v) is 8.80. The third-order valence-electron chi connectivity index (χ3n) is 8.80. The molecule has 0 N–H and O–H groups in total. The summed E-state index contributed by atoms with van der Waals surface area (Å²) in [4.78, 5) is 15.9. The number of allylic oxidation sites excluding steroid dienone is 2. The SMILES string of the molecule is C#CCCN1C(=O)[C@@H]2[C@H]([C@@H]1OCC)[C@]13C=C[C@]2(c2ccccc2)[C@@]1(C)CCCC3. The summed E-state index contributed by atoms with van der Waals surface area (Å²) in [5.74, 6) is 3.10. The topological polar surface area (TPSA) is 29.5 Å². The van der Waals surface area contributed by atoms with Gasteiger partial charge in [0.25, 0.3) is 0 Å². The highest BCUT2D eigenvalue weighted by Crippen LogP contribution is 2.80. The van der Waals surface area contributed by atoms with Crippen LogP contribution in [-0.4, -0.2) is 30.2 Å². The lowest BCUT2D eigenvalue weighted by atomic mass is 9.52. The molecule has 0 aromatic heterocycles. The number of rotatable bonds is 5. The number of likely N-dealkylation sites (tertiary alicyclic amines) is 1. The van der Waals surface area contributed by atoms with Gasteiger partial charge in [0.1, 0.15) is 6.23 Å². The van der Waals surface area contributed by atoms with E-state index in [0.717, 1.165) is 6.42 Å². The molecular formula is C26H31NO2. The van der Waals surface area contributed by atoms with Gasteiger partial charge in [-0.05, 0) is 30.7 Å². The van der Waals surface area contributed by atoms with Crippen molar-refractivity contribution in [2.75, 3.05) is 13.2 Å². The molecule has 2 saturated carbocycles. The number of amides is 1.